The first-order valence-electron chi connectivity index (χ1n) is 5.17. The Balaban J connectivity index is 1.91. The molecule has 0 aliphatic heterocycles. The SMILES string of the molecule is O=S(=O)(Cc1ccccc1)NCC1CC1. The average molecular weight is 225 g/mol. The molecule has 0 heterocycles. The Morgan fingerprint density at radius 1 is 1.20 bits per heavy atom. The van der Waals surface area contributed by atoms with Crippen LogP contribution in [0.25, 0.3) is 0 Å². The fourth-order valence-corrected chi connectivity index (χ4v) is 2.63. The lowest BCUT2D eigenvalue weighted by molar-refractivity contribution is 0.576. The van der Waals surface area contributed by atoms with Crippen molar-refractivity contribution in [2.45, 2.75) is 18.6 Å². The highest BCUT2D eigenvalue weighted by molar-refractivity contribution is 7.88. The minimum Gasteiger partial charge on any atom is -0.215 e. The Labute approximate surface area is 90.6 Å². The van der Waals surface area contributed by atoms with Gasteiger partial charge >= 0.3 is 0 Å². The average Bonchev–Trinajstić information content (AvgIpc) is 2.99. The highest BCUT2D eigenvalue weighted by atomic mass is 32.2. The van der Waals surface area contributed by atoms with E-state index in [4.69, 9.17) is 0 Å². The molecule has 0 amide bonds. The summed E-state index contributed by atoms with van der Waals surface area (Å²) in [6.07, 6.45) is 2.32. The predicted octanol–water partition coefficient (Wildman–Crippen LogP) is 1.52. The van der Waals surface area contributed by atoms with E-state index < -0.39 is 10.0 Å². The highest BCUT2D eigenvalue weighted by Crippen LogP contribution is 2.27. The van der Waals surface area contributed by atoms with Gasteiger partial charge in [-0.2, -0.15) is 0 Å². The third kappa shape index (κ3) is 3.64. The Morgan fingerprint density at radius 3 is 2.47 bits per heavy atom. The zero-order valence-electron chi connectivity index (χ0n) is 8.52. The maximum atomic E-state index is 11.6. The van der Waals surface area contributed by atoms with Crippen LogP contribution in [0.1, 0.15) is 18.4 Å². The first-order valence-corrected chi connectivity index (χ1v) is 6.82. The molecule has 1 aromatic rings. The van der Waals surface area contributed by atoms with E-state index in [-0.39, 0.29) is 5.75 Å². The van der Waals surface area contributed by atoms with Gasteiger partial charge in [-0.05, 0) is 24.3 Å². The van der Waals surface area contributed by atoms with Crippen LogP contribution in [0.5, 0.6) is 0 Å². The second-order valence-electron chi connectivity index (χ2n) is 4.04. The topological polar surface area (TPSA) is 46.2 Å². The Kier molecular flexibility index (Phi) is 3.07. The zero-order valence-corrected chi connectivity index (χ0v) is 9.33. The van der Waals surface area contributed by atoms with Crippen molar-refractivity contribution in [1.29, 1.82) is 0 Å². The minimum atomic E-state index is -3.14. The zero-order chi connectivity index (χ0) is 10.7. The third-order valence-corrected chi connectivity index (χ3v) is 3.81. The Bertz CT molecular complexity index is 409. The van der Waals surface area contributed by atoms with Crippen molar-refractivity contribution in [3.63, 3.8) is 0 Å². The lowest BCUT2D eigenvalue weighted by Crippen LogP contribution is -2.27. The number of rotatable bonds is 5. The normalized spacial score (nSPS) is 16.5. The maximum Gasteiger partial charge on any atom is 0.215 e. The van der Waals surface area contributed by atoms with Gasteiger partial charge in [-0.3, -0.25) is 0 Å². The number of hydrogen-bond acceptors (Lipinski definition) is 2. The van der Waals surface area contributed by atoms with E-state index in [1.807, 2.05) is 30.3 Å². The van der Waals surface area contributed by atoms with Crippen molar-refractivity contribution < 1.29 is 8.42 Å². The van der Waals surface area contributed by atoms with Gasteiger partial charge in [0.15, 0.2) is 0 Å². The third-order valence-electron chi connectivity index (χ3n) is 2.49. The lowest BCUT2D eigenvalue weighted by atomic mass is 10.2. The molecule has 3 nitrogen and oxygen atoms in total. The molecule has 1 aliphatic carbocycles. The van der Waals surface area contributed by atoms with Crippen LogP contribution in [0, 0.1) is 5.92 Å². The van der Waals surface area contributed by atoms with Gasteiger partial charge in [0.1, 0.15) is 0 Å². The molecule has 1 aliphatic rings. The summed E-state index contributed by atoms with van der Waals surface area (Å²) in [5.74, 6) is 0.663. The molecule has 15 heavy (non-hydrogen) atoms. The van der Waals surface area contributed by atoms with Crippen molar-refractivity contribution in [3.8, 4) is 0 Å². The Morgan fingerprint density at radius 2 is 1.87 bits per heavy atom. The summed E-state index contributed by atoms with van der Waals surface area (Å²) in [5, 5.41) is 0. The molecule has 0 saturated heterocycles. The molecule has 1 saturated carbocycles. The van der Waals surface area contributed by atoms with Gasteiger partial charge < -0.3 is 0 Å². The molecule has 82 valence electrons. The number of sulfonamides is 1. The predicted molar refractivity (Wildman–Crippen MR) is 59.8 cm³/mol. The second kappa shape index (κ2) is 4.33. The molecule has 0 radical (unpaired) electrons. The van der Waals surface area contributed by atoms with Crippen molar-refractivity contribution in [2.24, 2.45) is 5.92 Å². The van der Waals surface area contributed by atoms with Crippen molar-refractivity contribution in [3.05, 3.63) is 35.9 Å². The van der Waals surface area contributed by atoms with Crippen LogP contribution in [0.15, 0.2) is 30.3 Å². The summed E-state index contributed by atoms with van der Waals surface area (Å²) in [7, 11) is -3.14. The van der Waals surface area contributed by atoms with E-state index in [1.54, 1.807) is 0 Å². The summed E-state index contributed by atoms with van der Waals surface area (Å²) in [4.78, 5) is 0. The van der Waals surface area contributed by atoms with Gasteiger partial charge in [-0.15, -0.1) is 0 Å². The fourth-order valence-electron chi connectivity index (χ4n) is 1.41. The molecule has 2 rings (SSSR count). The van der Waals surface area contributed by atoms with Crippen molar-refractivity contribution >= 4 is 10.0 Å². The summed E-state index contributed by atoms with van der Waals surface area (Å²) in [6.45, 7) is 0.606. The van der Waals surface area contributed by atoms with E-state index in [2.05, 4.69) is 4.72 Å². The largest absolute Gasteiger partial charge is 0.215 e. The highest BCUT2D eigenvalue weighted by Gasteiger charge is 2.23. The summed E-state index contributed by atoms with van der Waals surface area (Å²) >= 11 is 0. The van der Waals surface area contributed by atoms with E-state index in [0.29, 0.717) is 12.5 Å². The van der Waals surface area contributed by atoms with Gasteiger partial charge in [0.25, 0.3) is 0 Å². The molecule has 0 aromatic heterocycles. The van der Waals surface area contributed by atoms with Gasteiger partial charge in [0.2, 0.25) is 10.0 Å². The van der Waals surface area contributed by atoms with Gasteiger partial charge in [0, 0.05) is 6.54 Å². The van der Waals surface area contributed by atoms with E-state index in [0.717, 1.165) is 18.4 Å². The molecule has 0 unspecified atom stereocenters. The Hall–Kier alpha value is -0.870. The summed E-state index contributed by atoms with van der Waals surface area (Å²) < 4.78 is 25.9. The van der Waals surface area contributed by atoms with Crippen molar-refractivity contribution in [1.82, 2.24) is 4.72 Å². The maximum absolute atomic E-state index is 11.6. The number of benzene rings is 1. The fraction of sp³-hybridized carbons (Fsp3) is 0.455. The lowest BCUT2D eigenvalue weighted by Gasteiger charge is -2.05. The van der Waals surface area contributed by atoms with Crippen LogP contribution < -0.4 is 4.72 Å². The van der Waals surface area contributed by atoms with Crippen LogP contribution in [0.3, 0.4) is 0 Å². The summed E-state index contributed by atoms with van der Waals surface area (Å²) in [6, 6.07) is 9.25. The monoisotopic (exact) mass is 225 g/mol. The minimum absolute atomic E-state index is 0.0839. The van der Waals surface area contributed by atoms with E-state index in [1.165, 1.54) is 0 Å². The number of hydrogen-bond donors (Lipinski definition) is 1. The quantitative estimate of drug-likeness (QED) is 0.825. The van der Waals surface area contributed by atoms with Crippen LogP contribution in [-0.2, 0) is 15.8 Å². The van der Waals surface area contributed by atoms with E-state index in [9.17, 15) is 8.42 Å². The molecule has 0 bridgehead atoms. The molecule has 1 fully saturated rings. The molecule has 1 N–H and O–H groups in total. The standard InChI is InChI=1S/C11H15NO2S/c13-15(14,12-8-10-6-7-10)9-11-4-2-1-3-5-11/h1-5,10,12H,6-9H2. The van der Waals surface area contributed by atoms with Crippen LogP contribution in [0.4, 0.5) is 0 Å². The van der Waals surface area contributed by atoms with Crippen LogP contribution >= 0.6 is 0 Å². The number of nitrogens with one attached hydrogen (secondary N) is 1. The molecular weight excluding hydrogens is 210 g/mol. The molecule has 0 atom stereocenters. The first-order chi connectivity index (χ1) is 7.16. The molecule has 4 heteroatoms. The van der Waals surface area contributed by atoms with Crippen molar-refractivity contribution in [2.75, 3.05) is 6.54 Å². The summed E-state index contributed by atoms with van der Waals surface area (Å²) in [5.41, 5.74) is 0.834. The van der Waals surface area contributed by atoms with Gasteiger partial charge in [0.05, 0.1) is 5.75 Å². The molecule has 1 aromatic carbocycles. The molecular formula is C11H15NO2S. The van der Waals surface area contributed by atoms with Gasteiger partial charge in [-0.25, -0.2) is 13.1 Å². The second-order valence-corrected chi connectivity index (χ2v) is 5.84. The van der Waals surface area contributed by atoms with E-state index >= 15 is 0 Å². The smallest absolute Gasteiger partial charge is 0.215 e. The van der Waals surface area contributed by atoms with Crippen LogP contribution in [0.2, 0.25) is 0 Å². The molecule has 0 spiro atoms. The van der Waals surface area contributed by atoms with Crippen LogP contribution in [-0.4, -0.2) is 15.0 Å². The first kappa shape index (κ1) is 10.6. The van der Waals surface area contributed by atoms with Gasteiger partial charge in [-0.1, -0.05) is 30.3 Å².